The van der Waals surface area contributed by atoms with E-state index in [1.807, 2.05) is 0 Å². The van der Waals surface area contributed by atoms with E-state index >= 15 is 0 Å². The number of rotatable bonds is 2. The lowest BCUT2D eigenvalue weighted by Gasteiger charge is -2.16. The van der Waals surface area contributed by atoms with E-state index in [4.69, 9.17) is 9.84 Å². The van der Waals surface area contributed by atoms with Crippen LogP contribution in [-0.4, -0.2) is 69.6 Å². The molecule has 0 amide bonds. The topological polar surface area (TPSA) is 131 Å². The maximum atomic E-state index is 10.1. The van der Waals surface area contributed by atoms with Crippen LogP contribution in [0.3, 0.4) is 0 Å². The highest BCUT2D eigenvalue weighted by Crippen LogP contribution is 2.31. The molecule has 110 valence electrons. The van der Waals surface area contributed by atoms with Crippen molar-refractivity contribution in [2.75, 3.05) is 6.61 Å². The van der Waals surface area contributed by atoms with Crippen LogP contribution in [0.1, 0.15) is 6.23 Å². The Kier molecular flexibility index (Phi) is 2.65. The van der Waals surface area contributed by atoms with E-state index in [-0.39, 0.29) is 0 Å². The molecule has 0 bridgehead atoms. The number of aromatic nitrogens is 6. The number of fused-ring (bicyclic) bond motifs is 3. The molecule has 10 heteroatoms. The minimum atomic E-state index is -1.20. The fourth-order valence-corrected chi connectivity index (χ4v) is 2.54. The molecule has 0 aliphatic carbocycles. The van der Waals surface area contributed by atoms with Crippen molar-refractivity contribution >= 4 is 16.8 Å². The third-order valence-electron chi connectivity index (χ3n) is 3.63. The van der Waals surface area contributed by atoms with Crippen molar-refractivity contribution in [2.45, 2.75) is 24.5 Å². The van der Waals surface area contributed by atoms with Crippen molar-refractivity contribution in [3.05, 3.63) is 18.7 Å². The molecule has 1 saturated heterocycles. The minimum Gasteiger partial charge on any atom is -0.394 e. The fourth-order valence-electron chi connectivity index (χ4n) is 2.54. The lowest BCUT2D eigenvalue weighted by atomic mass is 10.1. The van der Waals surface area contributed by atoms with E-state index in [2.05, 4.69) is 20.3 Å². The van der Waals surface area contributed by atoms with E-state index < -0.39 is 31.1 Å². The molecule has 3 aromatic heterocycles. The first kappa shape index (κ1) is 12.6. The second-order valence-electron chi connectivity index (χ2n) is 4.84. The van der Waals surface area contributed by atoms with Gasteiger partial charge in [0.25, 0.3) is 0 Å². The highest BCUT2D eigenvalue weighted by molar-refractivity contribution is 5.84. The van der Waals surface area contributed by atoms with E-state index in [0.717, 1.165) is 0 Å². The highest BCUT2D eigenvalue weighted by atomic mass is 16.6. The van der Waals surface area contributed by atoms with Crippen molar-refractivity contribution < 1.29 is 20.1 Å². The van der Waals surface area contributed by atoms with Gasteiger partial charge in [0, 0.05) is 6.20 Å². The average molecular weight is 292 g/mol. The second-order valence-corrected chi connectivity index (χ2v) is 4.84. The van der Waals surface area contributed by atoms with Gasteiger partial charge in [0.1, 0.15) is 18.3 Å². The molecule has 0 spiro atoms. The zero-order chi connectivity index (χ0) is 14.6. The SMILES string of the molecule is OC[C@H]1O[C@@H](n2cnc3c2nnn2ccnc32)[C@@H](O)C1O. The first-order valence-electron chi connectivity index (χ1n) is 6.35. The van der Waals surface area contributed by atoms with E-state index in [1.54, 1.807) is 12.4 Å². The summed E-state index contributed by atoms with van der Waals surface area (Å²) in [4.78, 5) is 8.36. The van der Waals surface area contributed by atoms with E-state index in [1.165, 1.54) is 15.4 Å². The molecule has 10 nitrogen and oxygen atoms in total. The van der Waals surface area contributed by atoms with Gasteiger partial charge in [-0.15, -0.1) is 5.10 Å². The monoisotopic (exact) mass is 292 g/mol. The lowest BCUT2D eigenvalue weighted by molar-refractivity contribution is -0.0511. The van der Waals surface area contributed by atoms with Crippen LogP contribution in [-0.2, 0) is 4.74 Å². The Morgan fingerprint density at radius 1 is 1.19 bits per heavy atom. The first-order valence-corrected chi connectivity index (χ1v) is 6.35. The molecule has 1 unspecified atom stereocenters. The smallest absolute Gasteiger partial charge is 0.190 e. The normalized spacial score (nSPS) is 29.7. The molecule has 4 heterocycles. The van der Waals surface area contributed by atoms with Crippen LogP contribution in [0.2, 0.25) is 0 Å². The number of hydrogen-bond acceptors (Lipinski definition) is 8. The van der Waals surface area contributed by atoms with Gasteiger partial charge in [-0.2, -0.15) is 0 Å². The van der Waals surface area contributed by atoms with Crippen molar-refractivity contribution in [1.29, 1.82) is 0 Å². The van der Waals surface area contributed by atoms with Gasteiger partial charge in [-0.3, -0.25) is 4.57 Å². The quantitative estimate of drug-likeness (QED) is 0.498. The van der Waals surface area contributed by atoms with Crippen LogP contribution in [0, 0.1) is 0 Å². The number of imidazole rings is 2. The molecule has 4 atom stereocenters. The van der Waals surface area contributed by atoms with Crippen molar-refractivity contribution in [3.63, 3.8) is 0 Å². The summed E-state index contributed by atoms with van der Waals surface area (Å²) in [5.74, 6) is 0. The van der Waals surface area contributed by atoms with E-state index in [0.29, 0.717) is 16.8 Å². The van der Waals surface area contributed by atoms with Gasteiger partial charge in [-0.25, -0.2) is 14.5 Å². The number of aliphatic hydroxyl groups excluding tert-OH is 3. The number of ether oxygens (including phenoxy) is 1. The first-order chi connectivity index (χ1) is 10.2. The third-order valence-corrected chi connectivity index (χ3v) is 3.63. The van der Waals surface area contributed by atoms with Gasteiger partial charge in [-0.05, 0) is 0 Å². The molecular weight excluding hydrogens is 280 g/mol. The molecule has 0 radical (unpaired) electrons. The predicted octanol–water partition coefficient (Wildman–Crippen LogP) is -1.91. The Morgan fingerprint density at radius 3 is 2.81 bits per heavy atom. The summed E-state index contributed by atoms with van der Waals surface area (Å²) in [5, 5.41) is 37.0. The number of aliphatic hydroxyl groups is 3. The Hall–Kier alpha value is -2.14. The molecule has 4 rings (SSSR count). The van der Waals surface area contributed by atoms with Crippen molar-refractivity contribution in [3.8, 4) is 0 Å². The Morgan fingerprint density at radius 2 is 2.05 bits per heavy atom. The molecular formula is C11H12N6O4. The van der Waals surface area contributed by atoms with Crippen LogP contribution < -0.4 is 0 Å². The summed E-state index contributed by atoms with van der Waals surface area (Å²) in [6.07, 6.45) is 0.536. The Bertz CT molecular complexity index is 800. The van der Waals surface area contributed by atoms with Gasteiger partial charge in [0.15, 0.2) is 23.0 Å². The molecule has 1 fully saturated rings. The summed E-state index contributed by atoms with van der Waals surface area (Å²) in [6.45, 7) is -0.391. The Labute approximate surface area is 117 Å². The molecule has 1 aliphatic heterocycles. The molecule has 3 aromatic rings. The summed E-state index contributed by atoms with van der Waals surface area (Å²) < 4.78 is 8.42. The summed E-state index contributed by atoms with van der Waals surface area (Å²) in [6, 6.07) is 0. The van der Waals surface area contributed by atoms with Crippen LogP contribution in [0.15, 0.2) is 18.7 Å². The summed E-state index contributed by atoms with van der Waals surface area (Å²) >= 11 is 0. The largest absolute Gasteiger partial charge is 0.394 e. The van der Waals surface area contributed by atoms with Crippen molar-refractivity contribution in [2.24, 2.45) is 0 Å². The predicted molar refractivity (Wildman–Crippen MR) is 67.1 cm³/mol. The van der Waals surface area contributed by atoms with Gasteiger partial charge in [-0.1, -0.05) is 5.21 Å². The van der Waals surface area contributed by atoms with Crippen LogP contribution >= 0.6 is 0 Å². The Balaban J connectivity index is 1.84. The van der Waals surface area contributed by atoms with Gasteiger partial charge in [0.05, 0.1) is 19.1 Å². The van der Waals surface area contributed by atoms with Crippen LogP contribution in [0.5, 0.6) is 0 Å². The maximum absolute atomic E-state index is 10.1. The molecule has 0 aromatic carbocycles. The molecule has 3 N–H and O–H groups in total. The summed E-state index contributed by atoms with van der Waals surface area (Å²) in [5.41, 5.74) is 1.42. The molecule has 0 saturated carbocycles. The average Bonchev–Trinajstić information content (AvgIpc) is 3.17. The lowest BCUT2D eigenvalue weighted by Crippen LogP contribution is -2.33. The molecule has 21 heavy (non-hydrogen) atoms. The zero-order valence-corrected chi connectivity index (χ0v) is 10.7. The van der Waals surface area contributed by atoms with Crippen LogP contribution in [0.4, 0.5) is 0 Å². The fraction of sp³-hybridized carbons (Fsp3) is 0.455. The zero-order valence-electron chi connectivity index (χ0n) is 10.7. The number of nitrogens with zero attached hydrogens (tertiary/aromatic N) is 6. The summed E-state index contributed by atoms with van der Waals surface area (Å²) in [7, 11) is 0. The third kappa shape index (κ3) is 1.67. The van der Waals surface area contributed by atoms with Crippen molar-refractivity contribution in [1.82, 2.24) is 29.4 Å². The van der Waals surface area contributed by atoms with Gasteiger partial charge >= 0.3 is 0 Å². The molecule has 1 aliphatic rings. The second kappa shape index (κ2) is 4.43. The standard InChI is InChI=1S/C11H12N6O4/c18-3-5-7(19)8(20)11(21-5)16-4-13-6-9-12-1-2-17(9)15-14-10(6)16/h1-2,4-5,7-8,11,18-20H,3H2/t5-,7?,8+,11-/m1/s1. The number of hydrogen-bond donors (Lipinski definition) is 3. The van der Waals surface area contributed by atoms with E-state index in [9.17, 15) is 10.2 Å². The maximum Gasteiger partial charge on any atom is 0.190 e. The highest BCUT2D eigenvalue weighted by Gasteiger charge is 2.44. The van der Waals surface area contributed by atoms with Crippen LogP contribution in [0.25, 0.3) is 16.8 Å². The van der Waals surface area contributed by atoms with Gasteiger partial charge in [0.2, 0.25) is 0 Å². The minimum absolute atomic E-state index is 0.378. The van der Waals surface area contributed by atoms with Gasteiger partial charge < -0.3 is 20.1 Å².